The second kappa shape index (κ2) is 5.44. The van der Waals surface area contributed by atoms with E-state index in [1.54, 1.807) is 0 Å². The summed E-state index contributed by atoms with van der Waals surface area (Å²) in [5.74, 6) is 0.342. The standard InChI is InChI=1S/C10H19NO4S/c12-16(13,10-2-5-14-6-3-10)11-7-9-1-4-15-8-9/h9-11H,1-8H2/t9-/m1/s1. The van der Waals surface area contributed by atoms with Crippen LogP contribution in [0.25, 0.3) is 0 Å². The maximum absolute atomic E-state index is 11.9. The second-order valence-corrected chi connectivity index (χ2v) is 6.48. The normalized spacial score (nSPS) is 28.4. The van der Waals surface area contributed by atoms with E-state index in [0.717, 1.165) is 13.0 Å². The molecule has 2 heterocycles. The lowest BCUT2D eigenvalue weighted by Gasteiger charge is -2.23. The quantitative estimate of drug-likeness (QED) is 0.768. The van der Waals surface area contributed by atoms with Crippen LogP contribution in [0.3, 0.4) is 0 Å². The number of sulfonamides is 1. The van der Waals surface area contributed by atoms with E-state index in [4.69, 9.17) is 9.47 Å². The van der Waals surface area contributed by atoms with Gasteiger partial charge >= 0.3 is 0 Å². The fraction of sp³-hybridized carbons (Fsp3) is 1.00. The second-order valence-electron chi connectivity index (χ2n) is 4.43. The van der Waals surface area contributed by atoms with Gasteiger partial charge in [0.1, 0.15) is 0 Å². The first-order valence-electron chi connectivity index (χ1n) is 5.82. The van der Waals surface area contributed by atoms with Crippen LogP contribution >= 0.6 is 0 Å². The van der Waals surface area contributed by atoms with Crippen molar-refractivity contribution in [3.8, 4) is 0 Å². The Labute approximate surface area is 96.5 Å². The Kier molecular flexibility index (Phi) is 4.18. The molecule has 2 saturated heterocycles. The highest BCUT2D eigenvalue weighted by Crippen LogP contribution is 2.16. The third-order valence-electron chi connectivity index (χ3n) is 3.20. The minimum atomic E-state index is -3.16. The molecule has 94 valence electrons. The van der Waals surface area contributed by atoms with Crippen molar-refractivity contribution in [3.05, 3.63) is 0 Å². The molecule has 2 aliphatic rings. The summed E-state index contributed by atoms with van der Waals surface area (Å²) in [5.41, 5.74) is 0. The van der Waals surface area contributed by atoms with Gasteiger partial charge in [0.15, 0.2) is 0 Å². The molecule has 5 nitrogen and oxygen atoms in total. The Morgan fingerprint density at radius 1 is 1.06 bits per heavy atom. The monoisotopic (exact) mass is 249 g/mol. The van der Waals surface area contributed by atoms with Crippen molar-refractivity contribution in [1.29, 1.82) is 0 Å². The largest absolute Gasteiger partial charge is 0.381 e. The molecule has 0 amide bonds. The van der Waals surface area contributed by atoms with Crippen molar-refractivity contribution in [2.45, 2.75) is 24.5 Å². The maximum atomic E-state index is 11.9. The van der Waals surface area contributed by atoms with Crippen molar-refractivity contribution >= 4 is 10.0 Å². The third-order valence-corrected chi connectivity index (χ3v) is 5.12. The molecule has 0 aromatic carbocycles. The highest BCUT2D eigenvalue weighted by Gasteiger charge is 2.28. The molecular formula is C10H19NO4S. The molecule has 0 aromatic rings. The van der Waals surface area contributed by atoms with Crippen LogP contribution in [0.2, 0.25) is 0 Å². The zero-order valence-electron chi connectivity index (χ0n) is 9.35. The number of ether oxygens (including phenoxy) is 2. The molecule has 0 spiro atoms. The molecule has 0 aliphatic carbocycles. The van der Waals surface area contributed by atoms with Gasteiger partial charge in [-0.1, -0.05) is 0 Å². The number of nitrogens with one attached hydrogen (secondary N) is 1. The van der Waals surface area contributed by atoms with Crippen molar-refractivity contribution in [2.24, 2.45) is 5.92 Å². The first-order chi connectivity index (χ1) is 7.68. The summed E-state index contributed by atoms with van der Waals surface area (Å²) in [7, 11) is -3.16. The average Bonchev–Trinajstić information content (AvgIpc) is 2.81. The molecular weight excluding hydrogens is 230 g/mol. The lowest BCUT2D eigenvalue weighted by atomic mass is 10.1. The van der Waals surface area contributed by atoms with Crippen molar-refractivity contribution in [2.75, 3.05) is 33.0 Å². The Morgan fingerprint density at radius 2 is 1.75 bits per heavy atom. The van der Waals surface area contributed by atoms with Crippen LogP contribution in [0.5, 0.6) is 0 Å². The van der Waals surface area contributed by atoms with Gasteiger partial charge in [0.25, 0.3) is 0 Å². The van der Waals surface area contributed by atoms with Gasteiger partial charge in [0.05, 0.1) is 11.9 Å². The fourth-order valence-electron chi connectivity index (χ4n) is 2.08. The lowest BCUT2D eigenvalue weighted by Crippen LogP contribution is -2.40. The van der Waals surface area contributed by atoms with Gasteiger partial charge in [0.2, 0.25) is 10.0 Å². The van der Waals surface area contributed by atoms with Crippen LogP contribution in [0.15, 0.2) is 0 Å². The molecule has 0 unspecified atom stereocenters. The van der Waals surface area contributed by atoms with E-state index in [0.29, 0.717) is 45.1 Å². The van der Waals surface area contributed by atoms with E-state index in [2.05, 4.69) is 4.72 Å². The molecule has 0 radical (unpaired) electrons. The summed E-state index contributed by atoms with van der Waals surface area (Å²) in [6.45, 7) is 3.05. The van der Waals surface area contributed by atoms with Crippen molar-refractivity contribution < 1.29 is 17.9 Å². The van der Waals surface area contributed by atoms with Crippen LogP contribution in [-0.4, -0.2) is 46.6 Å². The van der Waals surface area contributed by atoms with Crippen LogP contribution < -0.4 is 4.72 Å². The number of rotatable bonds is 4. The zero-order valence-corrected chi connectivity index (χ0v) is 10.2. The van der Waals surface area contributed by atoms with Crippen molar-refractivity contribution in [3.63, 3.8) is 0 Å². The SMILES string of the molecule is O=S(=O)(NC[C@H]1CCOC1)C1CCOCC1. The van der Waals surface area contributed by atoms with Gasteiger partial charge in [-0.25, -0.2) is 13.1 Å². The predicted octanol–water partition coefficient (Wildman–Crippen LogP) is 0.121. The topological polar surface area (TPSA) is 64.6 Å². The summed E-state index contributed by atoms with van der Waals surface area (Å²) in [6.07, 6.45) is 2.17. The first-order valence-corrected chi connectivity index (χ1v) is 7.37. The molecule has 1 atom stereocenters. The van der Waals surface area contributed by atoms with Gasteiger partial charge in [-0.15, -0.1) is 0 Å². The Morgan fingerprint density at radius 3 is 2.38 bits per heavy atom. The third kappa shape index (κ3) is 3.16. The summed E-state index contributed by atoms with van der Waals surface area (Å²) < 4.78 is 37.0. The van der Waals surface area contributed by atoms with E-state index in [9.17, 15) is 8.42 Å². The molecule has 2 rings (SSSR count). The number of hydrogen-bond acceptors (Lipinski definition) is 4. The van der Waals surface area contributed by atoms with Gasteiger partial charge in [-0.2, -0.15) is 0 Å². The van der Waals surface area contributed by atoms with Crippen LogP contribution in [0.1, 0.15) is 19.3 Å². The molecule has 0 bridgehead atoms. The van der Waals surface area contributed by atoms with Crippen LogP contribution in [0, 0.1) is 5.92 Å². The van der Waals surface area contributed by atoms with E-state index >= 15 is 0 Å². The Bertz CT molecular complexity index is 305. The Balaban J connectivity index is 1.81. The van der Waals surface area contributed by atoms with Crippen molar-refractivity contribution in [1.82, 2.24) is 4.72 Å². The molecule has 16 heavy (non-hydrogen) atoms. The van der Waals surface area contributed by atoms with E-state index in [-0.39, 0.29) is 5.25 Å². The Hall–Kier alpha value is -0.170. The smallest absolute Gasteiger partial charge is 0.214 e. The van der Waals surface area contributed by atoms with Gasteiger partial charge in [-0.05, 0) is 25.2 Å². The number of hydrogen-bond donors (Lipinski definition) is 1. The predicted molar refractivity (Wildman–Crippen MR) is 59.7 cm³/mol. The van der Waals surface area contributed by atoms with Crippen LogP contribution in [0.4, 0.5) is 0 Å². The summed E-state index contributed by atoms with van der Waals surface area (Å²) in [5, 5.41) is -0.274. The maximum Gasteiger partial charge on any atom is 0.214 e. The van der Waals surface area contributed by atoms with E-state index < -0.39 is 10.0 Å². The summed E-state index contributed by atoms with van der Waals surface area (Å²) in [4.78, 5) is 0. The average molecular weight is 249 g/mol. The van der Waals surface area contributed by atoms with E-state index in [1.807, 2.05) is 0 Å². The minimum Gasteiger partial charge on any atom is -0.381 e. The fourth-order valence-corrected chi connectivity index (χ4v) is 3.60. The molecule has 0 aromatic heterocycles. The molecule has 2 fully saturated rings. The molecule has 0 saturated carbocycles. The lowest BCUT2D eigenvalue weighted by molar-refractivity contribution is 0.0981. The zero-order chi connectivity index (χ0) is 11.4. The van der Waals surface area contributed by atoms with Gasteiger partial charge in [-0.3, -0.25) is 0 Å². The molecule has 1 N–H and O–H groups in total. The summed E-state index contributed by atoms with van der Waals surface area (Å²) in [6, 6.07) is 0. The molecule has 6 heteroatoms. The first kappa shape index (κ1) is 12.3. The van der Waals surface area contributed by atoms with Gasteiger partial charge < -0.3 is 9.47 Å². The minimum absolute atomic E-state index is 0.274. The summed E-state index contributed by atoms with van der Waals surface area (Å²) >= 11 is 0. The van der Waals surface area contributed by atoms with Crippen LogP contribution in [-0.2, 0) is 19.5 Å². The molecule has 2 aliphatic heterocycles. The van der Waals surface area contributed by atoms with E-state index in [1.165, 1.54) is 0 Å². The van der Waals surface area contributed by atoms with Gasteiger partial charge in [0, 0.05) is 26.4 Å². The highest BCUT2D eigenvalue weighted by atomic mass is 32.2. The highest BCUT2D eigenvalue weighted by molar-refractivity contribution is 7.90.